The lowest BCUT2D eigenvalue weighted by Gasteiger charge is -2.18. The maximum absolute atomic E-state index is 3.63. The maximum atomic E-state index is 3.63. The van der Waals surface area contributed by atoms with Crippen molar-refractivity contribution in [2.24, 2.45) is 0 Å². The highest BCUT2D eigenvalue weighted by Gasteiger charge is 2.08. The highest BCUT2D eigenvalue weighted by atomic mass is 79.9. The first kappa shape index (κ1) is 14.3. The van der Waals surface area contributed by atoms with Crippen LogP contribution in [0.5, 0.6) is 0 Å². The van der Waals surface area contributed by atoms with Crippen LogP contribution in [0.4, 0.5) is 0 Å². The summed E-state index contributed by atoms with van der Waals surface area (Å²) >= 11 is 3.46. The van der Waals surface area contributed by atoms with Crippen molar-refractivity contribution in [1.29, 1.82) is 0 Å². The third-order valence-corrected chi connectivity index (χ3v) is 3.88. The van der Waals surface area contributed by atoms with Gasteiger partial charge in [0.2, 0.25) is 0 Å². The molecule has 100 valence electrons. The molecule has 0 bridgehead atoms. The van der Waals surface area contributed by atoms with Gasteiger partial charge < -0.3 is 5.32 Å². The molecule has 0 aliphatic rings. The van der Waals surface area contributed by atoms with Gasteiger partial charge in [0.05, 0.1) is 0 Å². The van der Waals surface area contributed by atoms with E-state index < -0.39 is 0 Å². The molecular weight excluding hydrogens is 298 g/mol. The Bertz CT molecular complexity index is 502. The van der Waals surface area contributed by atoms with E-state index in [1.807, 2.05) is 0 Å². The molecule has 1 unspecified atom stereocenters. The van der Waals surface area contributed by atoms with Gasteiger partial charge in [-0.3, -0.25) is 0 Å². The Morgan fingerprint density at radius 3 is 2.21 bits per heavy atom. The maximum Gasteiger partial charge on any atom is 0.0320 e. The van der Waals surface area contributed by atoms with Crippen molar-refractivity contribution < 1.29 is 0 Å². The van der Waals surface area contributed by atoms with E-state index in [2.05, 4.69) is 83.6 Å². The fourth-order valence-electron chi connectivity index (χ4n) is 2.14. The minimum Gasteiger partial charge on any atom is -0.306 e. The van der Waals surface area contributed by atoms with Crippen LogP contribution in [0.1, 0.15) is 36.1 Å². The van der Waals surface area contributed by atoms with Crippen molar-refractivity contribution in [3.63, 3.8) is 0 Å². The fourth-order valence-corrected chi connectivity index (χ4v) is 2.40. The Kier molecular flexibility index (Phi) is 5.17. The average Bonchev–Trinajstić information content (AvgIpc) is 2.43. The number of rotatable bonds is 5. The zero-order valence-corrected chi connectivity index (χ0v) is 13.1. The third kappa shape index (κ3) is 4.19. The Morgan fingerprint density at radius 2 is 1.63 bits per heavy atom. The Hall–Kier alpha value is -1.12. The lowest BCUT2D eigenvalue weighted by Crippen LogP contribution is -2.20. The highest BCUT2D eigenvalue weighted by molar-refractivity contribution is 9.10. The molecule has 19 heavy (non-hydrogen) atoms. The second-order valence-electron chi connectivity index (χ2n) is 4.88. The topological polar surface area (TPSA) is 12.0 Å². The zero-order valence-electron chi connectivity index (χ0n) is 11.5. The van der Waals surface area contributed by atoms with Gasteiger partial charge in [0, 0.05) is 17.1 Å². The number of benzene rings is 2. The summed E-state index contributed by atoms with van der Waals surface area (Å²) in [6, 6.07) is 17.7. The molecule has 0 radical (unpaired) electrons. The molecule has 1 N–H and O–H groups in total. The number of nitrogens with one attached hydrogen (secondary N) is 1. The molecule has 0 saturated carbocycles. The summed E-state index contributed by atoms with van der Waals surface area (Å²) in [5, 5.41) is 3.63. The van der Waals surface area contributed by atoms with E-state index in [0.29, 0.717) is 6.04 Å². The normalized spacial score (nSPS) is 12.4. The standard InChI is InChI=1S/C17H20BrN/c1-3-17(15-8-4-13(2)5-9-15)19-12-14-6-10-16(18)11-7-14/h4-11,17,19H,3,12H2,1-2H3. The molecule has 0 amide bonds. The minimum absolute atomic E-state index is 0.421. The van der Waals surface area contributed by atoms with Crippen LogP contribution in [0.15, 0.2) is 53.0 Å². The molecule has 1 nitrogen and oxygen atoms in total. The lowest BCUT2D eigenvalue weighted by molar-refractivity contribution is 0.519. The van der Waals surface area contributed by atoms with Crippen LogP contribution in [-0.2, 0) is 6.54 Å². The lowest BCUT2D eigenvalue weighted by atomic mass is 10.0. The summed E-state index contributed by atoms with van der Waals surface area (Å²) in [7, 11) is 0. The van der Waals surface area contributed by atoms with Crippen molar-refractivity contribution in [1.82, 2.24) is 5.32 Å². The molecule has 1 atom stereocenters. The fraction of sp³-hybridized carbons (Fsp3) is 0.294. The van der Waals surface area contributed by atoms with Gasteiger partial charge in [-0.2, -0.15) is 0 Å². The van der Waals surface area contributed by atoms with Gasteiger partial charge in [-0.05, 0) is 36.6 Å². The van der Waals surface area contributed by atoms with E-state index in [-0.39, 0.29) is 0 Å². The van der Waals surface area contributed by atoms with Crippen LogP contribution in [0.25, 0.3) is 0 Å². The smallest absolute Gasteiger partial charge is 0.0320 e. The molecule has 0 aromatic heterocycles. The molecule has 2 aromatic carbocycles. The van der Waals surface area contributed by atoms with Crippen molar-refractivity contribution >= 4 is 15.9 Å². The monoisotopic (exact) mass is 317 g/mol. The van der Waals surface area contributed by atoms with Gasteiger partial charge in [0.25, 0.3) is 0 Å². The summed E-state index contributed by atoms with van der Waals surface area (Å²) in [6.45, 7) is 5.25. The summed E-state index contributed by atoms with van der Waals surface area (Å²) < 4.78 is 1.13. The molecule has 0 heterocycles. The van der Waals surface area contributed by atoms with E-state index in [1.54, 1.807) is 0 Å². The molecule has 2 aromatic rings. The van der Waals surface area contributed by atoms with Crippen LogP contribution >= 0.6 is 15.9 Å². The van der Waals surface area contributed by atoms with Gasteiger partial charge in [-0.25, -0.2) is 0 Å². The van der Waals surface area contributed by atoms with Gasteiger partial charge in [-0.1, -0.05) is 64.8 Å². The van der Waals surface area contributed by atoms with Crippen LogP contribution in [-0.4, -0.2) is 0 Å². The average molecular weight is 318 g/mol. The molecule has 0 aliphatic heterocycles. The van der Waals surface area contributed by atoms with Crippen molar-refractivity contribution in [3.8, 4) is 0 Å². The molecule has 0 saturated heterocycles. The Morgan fingerprint density at radius 1 is 1.00 bits per heavy atom. The number of halogens is 1. The van der Waals surface area contributed by atoms with E-state index in [0.717, 1.165) is 17.4 Å². The zero-order chi connectivity index (χ0) is 13.7. The number of aryl methyl sites for hydroxylation is 1. The van der Waals surface area contributed by atoms with Gasteiger partial charge in [-0.15, -0.1) is 0 Å². The predicted octanol–water partition coefficient (Wildman–Crippen LogP) is 5.00. The van der Waals surface area contributed by atoms with E-state index in [1.165, 1.54) is 16.7 Å². The summed E-state index contributed by atoms with van der Waals surface area (Å²) in [5.74, 6) is 0. The number of hydrogen-bond acceptors (Lipinski definition) is 1. The SMILES string of the molecule is CCC(NCc1ccc(Br)cc1)c1ccc(C)cc1. The Labute approximate surface area is 124 Å². The molecule has 0 spiro atoms. The first-order valence-corrected chi connectivity index (χ1v) is 7.52. The molecule has 0 fully saturated rings. The van der Waals surface area contributed by atoms with Crippen molar-refractivity contribution in [2.75, 3.05) is 0 Å². The van der Waals surface area contributed by atoms with Crippen LogP contribution < -0.4 is 5.32 Å². The van der Waals surface area contributed by atoms with Crippen LogP contribution in [0.3, 0.4) is 0 Å². The van der Waals surface area contributed by atoms with Crippen LogP contribution in [0.2, 0.25) is 0 Å². The molecule has 0 aliphatic carbocycles. The van der Waals surface area contributed by atoms with E-state index in [4.69, 9.17) is 0 Å². The molecule has 2 rings (SSSR count). The number of hydrogen-bond donors (Lipinski definition) is 1. The second kappa shape index (κ2) is 6.88. The second-order valence-corrected chi connectivity index (χ2v) is 5.79. The quantitative estimate of drug-likeness (QED) is 0.818. The first-order valence-electron chi connectivity index (χ1n) is 6.73. The highest BCUT2D eigenvalue weighted by Crippen LogP contribution is 2.18. The van der Waals surface area contributed by atoms with E-state index in [9.17, 15) is 0 Å². The largest absolute Gasteiger partial charge is 0.306 e. The first-order chi connectivity index (χ1) is 9.19. The van der Waals surface area contributed by atoms with E-state index >= 15 is 0 Å². The summed E-state index contributed by atoms with van der Waals surface area (Å²) in [4.78, 5) is 0. The third-order valence-electron chi connectivity index (χ3n) is 3.35. The Balaban J connectivity index is 1.99. The summed E-state index contributed by atoms with van der Waals surface area (Å²) in [5.41, 5.74) is 3.99. The summed E-state index contributed by atoms with van der Waals surface area (Å²) in [6.07, 6.45) is 1.10. The minimum atomic E-state index is 0.421. The van der Waals surface area contributed by atoms with Crippen molar-refractivity contribution in [2.45, 2.75) is 32.9 Å². The van der Waals surface area contributed by atoms with Gasteiger partial charge in [0.15, 0.2) is 0 Å². The van der Waals surface area contributed by atoms with Gasteiger partial charge in [0.1, 0.15) is 0 Å². The van der Waals surface area contributed by atoms with Gasteiger partial charge >= 0.3 is 0 Å². The van der Waals surface area contributed by atoms with Crippen LogP contribution in [0, 0.1) is 6.92 Å². The predicted molar refractivity (Wildman–Crippen MR) is 85.2 cm³/mol. The van der Waals surface area contributed by atoms with Crippen molar-refractivity contribution in [3.05, 3.63) is 69.7 Å². The molecular formula is C17H20BrN. The molecule has 2 heteroatoms.